The molecule has 0 radical (unpaired) electrons. The molecule has 316 valence electrons. The van der Waals surface area contributed by atoms with Crippen molar-refractivity contribution in [2.75, 3.05) is 14.2 Å². The molecule has 12 rings (SSSR count). The molecule has 0 saturated carbocycles. The SMILES string of the molecule is COC(=O)[C@@H]1CC2=C(c3ccccc3[C@]2(C)c2ccccc2)c2cn(C)c3cccc1c23.COC(=O)[C@H]1CC2=C(c3ccccc3[C@@]2(C)c2ccccc2)c2cn(C)c3cccc1c23. The number of hydrogen-bond donors (Lipinski definition) is 0. The quantitative estimate of drug-likeness (QED) is 0.166. The third-order valence-corrected chi connectivity index (χ3v) is 15.2. The van der Waals surface area contributed by atoms with E-state index >= 15 is 0 Å². The lowest BCUT2D eigenvalue weighted by Crippen LogP contribution is -2.26. The van der Waals surface area contributed by atoms with Crippen LogP contribution in [0.25, 0.3) is 33.0 Å². The molecule has 4 atom stereocenters. The molecule has 0 fully saturated rings. The van der Waals surface area contributed by atoms with Gasteiger partial charge in [0.25, 0.3) is 0 Å². The van der Waals surface area contributed by atoms with Crippen molar-refractivity contribution in [2.45, 2.75) is 49.4 Å². The largest absolute Gasteiger partial charge is 0.469 e. The number of nitrogens with zero attached hydrogens (tertiary/aromatic N) is 2. The summed E-state index contributed by atoms with van der Waals surface area (Å²) in [4.78, 5) is 26.3. The van der Waals surface area contributed by atoms with Gasteiger partial charge in [0.05, 0.1) is 26.1 Å². The number of allylic oxidation sites excluding steroid dienone is 2. The molecule has 0 spiro atoms. The fraction of sp³-hybridized carbons (Fsp3) is 0.207. The van der Waals surface area contributed by atoms with Gasteiger partial charge in [-0.15, -0.1) is 0 Å². The van der Waals surface area contributed by atoms with Crippen LogP contribution in [0.3, 0.4) is 0 Å². The zero-order valence-electron chi connectivity index (χ0n) is 37.1. The van der Waals surface area contributed by atoms with Crippen molar-refractivity contribution < 1.29 is 19.1 Å². The predicted molar refractivity (Wildman–Crippen MR) is 255 cm³/mol. The predicted octanol–water partition coefficient (Wildman–Crippen LogP) is 11.9. The summed E-state index contributed by atoms with van der Waals surface area (Å²) in [5.41, 5.74) is 19.0. The van der Waals surface area contributed by atoms with Crippen molar-refractivity contribution in [1.82, 2.24) is 9.13 Å². The first-order valence-corrected chi connectivity index (χ1v) is 22.2. The summed E-state index contributed by atoms with van der Waals surface area (Å²) in [6.45, 7) is 4.63. The summed E-state index contributed by atoms with van der Waals surface area (Å²) in [6, 6.07) is 51.4. The second kappa shape index (κ2) is 14.7. The smallest absolute Gasteiger partial charge is 0.313 e. The highest BCUT2D eigenvalue weighted by atomic mass is 16.5. The number of esters is 2. The van der Waals surface area contributed by atoms with Crippen LogP contribution in [0.2, 0.25) is 0 Å². The van der Waals surface area contributed by atoms with Crippen molar-refractivity contribution in [3.8, 4) is 0 Å². The maximum absolute atomic E-state index is 13.1. The maximum Gasteiger partial charge on any atom is 0.313 e. The van der Waals surface area contributed by atoms with Crippen LogP contribution in [0.15, 0.2) is 169 Å². The van der Waals surface area contributed by atoms with E-state index in [1.54, 1.807) is 0 Å². The molecule has 0 aliphatic heterocycles. The van der Waals surface area contributed by atoms with E-state index < -0.39 is 0 Å². The molecule has 6 aromatic carbocycles. The van der Waals surface area contributed by atoms with Crippen LogP contribution in [0.5, 0.6) is 0 Å². The fourth-order valence-electron chi connectivity index (χ4n) is 12.1. The van der Waals surface area contributed by atoms with E-state index in [1.807, 2.05) is 0 Å². The summed E-state index contributed by atoms with van der Waals surface area (Å²) in [6.07, 6.45) is 5.74. The van der Waals surface area contributed by atoms with Gasteiger partial charge in [0.2, 0.25) is 0 Å². The molecule has 6 heteroatoms. The normalized spacial score (nSPS) is 21.3. The van der Waals surface area contributed by atoms with Gasteiger partial charge in [0.1, 0.15) is 0 Å². The summed E-state index contributed by atoms with van der Waals surface area (Å²) < 4.78 is 15.0. The lowest BCUT2D eigenvalue weighted by atomic mass is 9.70. The van der Waals surface area contributed by atoms with E-state index in [1.165, 1.54) is 91.8 Å². The molecule has 64 heavy (non-hydrogen) atoms. The van der Waals surface area contributed by atoms with Gasteiger partial charge in [0, 0.05) is 70.3 Å². The van der Waals surface area contributed by atoms with Crippen LogP contribution < -0.4 is 0 Å². The summed E-state index contributed by atoms with van der Waals surface area (Å²) in [5.74, 6) is -1.02. The van der Waals surface area contributed by atoms with Crippen LogP contribution >= 0.6 is 0 Å². The Morgan fingerprint density at radius 1 is 0.484 bits per heavy atom. The van der Waals surface area contributed by atoms with Gasteiger partial charge in [-0.05, 0) is 106 Å². The first-order chi connectivity index (χ1) is 31.1. The minimum atomic E-state index is -0.338. The topological polar surface area (TPSA) is 62.5 Å². The average molecular weight is 839 g/mol. The molecule has 0 saturated heterocycles. The van der Waals surface area contributed by atoms with E-state index in [9.17, 15) is 9.59 Å². The lowest BCUT2D eigenvalue weighted by molar-refractivity contribution is -0.143. The Morgan fingerprint density at radius 2 is 0.859 bits per heavy atom. The van der Waals surface area contributed by atoms with Gasteiger partial charge < -0.3 is 18.6 Å². The Bertz CT molecular complexity index is 3070. The van der Waals surface area contributed by atoms with Gasteiger partial charge in [-0.25, -0.2) is 0 Å². The molecule has 2 heterocycles. The van der Waals surface area contributed by atoms with Crippen LogP contribution in [0.1, 0.15) is 94.2 Å². The number of rotatable bonds is 4. The second-order valence-corrected chi connectivity index (χ2v) is 18.1. The van der Waals surface area contributed by atoms with E-state index in [4.69, 9.17) is 9.47 Å². The van der Waals surface area contributed by atoms with Gasteiger partial charge in [-0.1, -0.05) is 133 Å². The van der Waals surface area contributed by atoms with Gasteiger partial charge >= 0.3 is 11.9 Å². The Hall–Kier alpha value is -7.18. The minimum Gasteiger partial charge on any atom is -0.469 e. The van der Waals surface area contributed by atoms with E-state index in [0.717, 1.165) is 22.2 Å². The highest BCUT2D eigenvalue weighted by Crippen LogP contribution is 2.59. The molecule has 4 aliphatic carbocycles. The molecular formula is C58H50N2O4. The molecule has 2 aromatic heterocycles. The fourth-order valence-corrected chi connectivity index (χ4v) is 12.1. The van der Waals surface area contributed by atoms with Crippen LogP contribution in [-0.2, 0) is 44.0 Å². The van der Waals surface area contributed by atoms with Gasteiger partial charge in [0.15, 0.2) is 0 Å². The van der Waals surface area contributed by atoms with Crippen molar-refractivity contribution >= 4 is 44.9 Å². The van der Waals surface area contributed by atoms with Crippen LogP contribution in [0.4, 0.5) is 0 Å². The van der Waals surface area contributed by atoms with Crippen molar-refractivity contribution in [1.29, 1.82) is 0 Å². The molecule has 0 amide bonds. The number of hydrogen-bond acceptors (Lipinski definition) is 4. The monoisotopic (exact) mass is 838 g/mol. The molecule has 6 nitrogen and oxygen atoms in total. The first-order valence-electron chi connectivity index (χ1n) is 22.2. The Kier molecular flexibility index (Phi) is 9.11. The zero-order valence-corrected chi connectivity index (χ0v) is 37.1. The van der Waals surface area contributed by atoms with E-state index in [0.29, 0.717) is 12.8 Å². The summed E-state index contributed by atoms with van der Waals surface area (Å²) >= 11 is 0. The zero-order chi connectivity index (χ0) is 44.1. The minimum absolute atomic E-state index is 0.174. The lowest BCUT2D eigenvalue weighted by Gasteiger charge is -2.32. The van der Waals surface area contributed by atoms with Gasteiger partial charge in [-0.2, -0.15) is 0 Å². The molecule has 8 aromatic rings. The number of aryl methyl sites for hydroxylation is 2. The molecule has 0 N–H and O–H groups in total. The number of carbonyl (C=O) groups is 2. The maximum atomic E-state index is 13.1. The van der Waals surface area contributed by atoms with Crippen molar-refractivity contribution in [2.24, 2.45) is 14.1 Å². The van der Waals surface area contributed by atoms with Gasteiger partial charge in [-0.3, -0.25) is 9.59 Å². The standard InChI is InChI=1S/2C29H25NO2/c2*1-29(18-10-5-4-6-11-18)23-14-8-7-12-20(23)26-22-17-30(2)25-15-9-13-19(27(22)25)21(16-24(26)29)28(31)32-3/h2*4-15,17,21H,16H2,1-3H3/t2*21-,29+/m10/s1. The second-order valence-electron chi connectivity index (χ2n) is 18.1. The molecule has 4 aliphatic rings. The van der Waals surface area contributed by atoms with Crippen LogP contribution in [-0.4, -0.2) is 35.3 Å². The highest BCUT2D eigenvalue weighted by molar-refractivity contribution is 6.08. The molecular weight excluding hydrogens is 789 g/mol. The Morgan fingerprint density at radius 3 is 1.25 bits per heavy atom. The number of fused-ring (bicyclic) bond motifs is 6. The number of carbonyl (C=O) groups excluding carboxylic acids is 2. The number of methoxy groups -OCH3 is 2. The number of benzene rings is 6. The number of ether oxygens (including phenoxy) is 2. The number of aromatic nitrogens is 2. The Labute approximate surface area is 374 Å². The average Bonchev–Trinajstić information content (AvgIpc) is 3.95. The van der Waals surface area contributed by atoms with Crippen molar-refractivity contribution in [3.63, 3.8) is 0 Å². The summed E-state index contributed by atoms with van der Waals surface area (Å²) in [5, 5.41) is 2.34. The summed E-state index contributed by atoms with van der Waals surface area (Å²) in [7, 11) is 7.16. The first kappa shape index (κ1) is 39.7. The van der Waals surface area contributed by atoms with Crippen LogP contribution in [0, 0.1) is 0 Å². The Balaban J connectivity index is 0.000000143. The van der Waals surface area contributed by atoms with Crippen molar-refractivity contribution in [3.05, 3.63) is 225 Å². The molecule has 0 unspecified atom stereocenters. The van der Waals surface area contributed by atoms with E-state index in [2.05, 4.69) is 195 Å². The molecule has 0 bridgehead atoms. The van der Waals surface area contributed by atoms with E-state index in [-0.39, 0.29) is 34.6 Å². The third kappa shape index (κ3) is 5.44. The highest BCUT2D eigenvalue weighted by Gasteiger charge is 2.48. The third-order valence-electron chi connectivity index (χ3n) is 15.2.